The summed E-state index contributed by atoms with van der Waals surface area (Å²) in [5.41, 5.74) is 6.02. The Morgan fingerprint density at radius 3 is 3.00 bits per heavy atom. The van der Waals surface area contributed by atoms with Crippen molar-refractivity contribution in [2.45, 2.75) is 25.2 Å². The highest BCUT2D eigenvalue weighted by Gasteiger charge is 2.40. The molecule has 1 aromatic heterocycles. The number of carboxylic acid groups (broad SMARTS) is 1. The van der Waals surface area contributed by atoms with Gasteiger partial charge in [-0.15, -0.1) is 0 Å². The fourth-order valence-corrected chi connectivity index (χ4v) is 1.58. The van der Waals surface area contributed by atoms with Crippen LogP contribution in [0.2, 0.25) is 0 Å². The monoisotopic (exact) mass is 240 g/mol. The summed E-state index contributed by atoms with van der Waals surface area (Å²) in [5.74, 6) is -0.344. The zero-order valence-corrected chi connectivity index (χ0v) is 8.83. The van der Waals surface area contributed by atoms with Gasteiger partial charge in [-0.25, -0.2) is 4.79 Å². The van der Waals surface area contributed by atoms with E-state index in [-0.39, 0.29) is 18.5 Å². The summed E-state index contributed by atoms with van der Waals surface area (Å²) in [5, 5.41) is 21.2. The van der Waals surface area contributed by atoms with Crippen LogP contribution in [-0.2, 0) is 17.9 Å². The SMILES string of the molecule is NCc1cnn(C[C@H]2NC(=O)[C@H]2NC(=O)O)n1. The summed E-state index contributed by atoms with van der Waals surface area (Å²) >= 11 is 0. The van der Waals surface area contributed by atoms with E-state index in [1.807, 2.05) is 0 Å². The van der Waals surface area contributed by atoms with Crippen LogP contribution >= 0.6 is 0 Å². The van der Waals surface area contributed by atoms with Gasteiger partial charge in [0.05, 0.1) is 24.5 Å². The van der Waals surface area contributed by atoms with Crippen LogP contribution in [0, 0.1) is 0 Å². The second-order valence-electron chi connectivity index (χ2n) is 3.64. The molecule has 0 unspecified atom stereocenters. The number of hydrogen-bond donors (Lipinski definition) is 4. The molecule has 0 saturated carbocycles. The van der Waals surface area contributed by atoms with E-state index in [0.717, 1.165) is 0 Å². The van der Waals surface area contributed by atoms with E-state index in [1.54, 1.807) is 0 Å². The van der Waals surface area contributed by atoms with Crippen LogP contribution < -0.4 is 16.4 Å². The number of carbonyl (C=O) groups is 2. The second kappa shape index (κ2) is 4.37. The van der Waals surface area contributed by atoms with Crippen LogP contribution in [0.3, 0.4) is 0 Å². The molecule has 2 atom stereocenters. The van der Waals surface area contributed by atoms with Gasteiger partial charge in [-0.2, -0.15) is 15.0 Å². The quantitative estimate of drug-likeness (QED) is 0.444. The van der Waals surface area contributed by atoms with Crippen molar-refractivity contribution in [3.8, 4) is 0 Å². The minimum Gasteiger partial charge on any atom is -0.465 e. The van der Waals surface area contributed by atoms with Crippen LogP contribution in [0.5, 0.6) is 0 Å². The van der Waals surface area contributed by atoms with E-state index >= 15 is 0 Å². The Balaban J connectivity index is 1.95. The number of amides is 2. The largest absolute Gasteiger partial charge is 0.465 e. The zero-order chi connectivity index (χ0) is 12.4. The van der Waals surface area contributed by atoms with Crippen molar-refractivity contribution < 1.29 is 14.7 Å². The van der Waals surface area contributed by atoms with Gasteiger partial charge in [0.15, 0.2) is 0 Å². The van der Waals surface area contributed by atoms with Crippen LogP contribution in [0.15, 0.2) is 6.20 Å². The summed E-state index contributed by atoms with van der Waals surface area (Å²) in [6, 6.07) is -1.09. The van der Waals surface area contributed by atoms with Crippen molar-refractivity contribution in [3.63, 3.8) is 0 Å². The molecule has 0 aliphatic carbocycles. The summed E-state index contributed by atoms with van der Waals surface area (Å²) in [6.07, 6.45) is 0.297. The van der Waals surface area contributed by atoms with Gasteiger partial charge in [-0.05, 0) is 0 Å². The zero-order valence-electron chi connectivity index (χ0n) is 8.83. The fourth-order valence-electron chi connectivity index (χ4n) is 1.58. The Morgan fingerprint density at radius 2 is 2.47 bits per heavy atom. The van der Waals surface area contributed by atoms with Gasteiger partial charge in [0, 0.05) is 6.54 Å². The van der Waals surface area contributed by atoms with Gasteiger partial charge >= 0.3 is 6.09 Å². The first-order valence-corrected chi connectivity index (χ1v) is 4.99. The minimum atomic E-state index is -1.23. The summed E-state index contributed by atoms with van der Waals surface area (Å²) in [4.78, 5) is 22.9. The Kier molecular flexibility index (Phi) is 2.91. The van der Waals surface area contributed by atoms with Crippen LogP contribution in [0.25, 0.3) is 0 Å². The molecule has 2 rings (SSSR count). The van der Waals surface area contributed by atoms with Crippen molar-refractivity contribution in [2.75, 3.05) is 0 Å². The average Bonchev–Trinajstić information content (AvgIpc) is 2.73. The minimum absolute atomic E-state index is 0.286. The third kappa shape index (κ3) is 2.33. The Labute approximate surface area is 96.0 Å². The summed E-state index contributed by atoms with van der Waals surface area (Å²) in [7, 11) is 0. The lowest BCUT2D eigenvalue weighted by Crippen LogP contribution is -2.70. The third-order valence-electron chi connectivity index (χ3n) is 2.44. The first-order chi connectivity index (χ1) is 8.10. The predicted molar refractivity (Wildman–Crippen MR) is 54.8 cm³/mol. The molecule has 17 heavy (non-hydrogen) atoms. The van der Waals surface area contributed by atoms with Crippen molar-refractivity contribution in [3.05, 3.63) is 11.9 Å². The lowest BCUT2D eigenvalue weighted by Gasteiger charge is -2.35. The number of rotatable bonds is 4. The van der Waals surface area contributed by atoms with Gasteiger partial charge < -0.3 is 21.5 Å². The maximum absolute atomic E-state index is 11.1. The molecule has 0 radical (unpaired) electrons. The number of aromatic nitrogens is 3. The molecule has 0 spiro atoms. The normalized spacial score (nSPS) is 22.8. The molecule has 1 fully saturated rings. The number of nitrogens with two attached hydrogens (primary N) is 1. The highest BCUT2D eigenvalue weighted by atomic mass is 16.4. The molecule has 1 aromatic rings. The van der Waals surface area contributed by atoms with Gasteiger partial charge in [-0.3, -0.25) is 4.79 Å². The van der Waals surface area contributed by atoms with Crippen LogP contribution in [0.4, 0.5) is 4.79 Å². The van der Waals surface area contributed by atoms with Crippen molar-refractivity contribution in [2.24, 2.45) is 5.73 Å². The van der Waals surface area contributed by atoms with Crippen molar-refractivity contribution in [1.29, 1.82) is 0 Å². The number of nitrogens with one attached hydrogen (secondary N) is 2. The highest BCUT2D eigenvalue weighted by Crippen LogP contribution is 2.08. The lowest BCUT2D eigenvalue weighted by molar-refractivity contribution is -0.131. The van der Waals surface area contributed by atoms with Crippen molar-refractivity contribution in [1.82, 2.24) is 25.6 Å². The van der Waals surface area contributed by atoms with Gasteiger partial charge in [0.2, 0.25) is 5.91 Å². The van der Waals surface area contributed by atoms with E-state index in [1.165, 1.54) is 11.0 Å². The number of carbonyl (C=O) groups excluding carboxylic acids is 1. The highest BCUT2D eigenvalue weighted by molar-refractivity contribution is 5.91. The molecule has 1 aliphatic rings. The molecule has 2 amide bonds. The number of nitrogens with zero attached hydrogens (tertiary/aromatic N) is 3. The van der Waals surface area contributed by atoms with Crippen LogP contribution in [0.1, 0.15) is 5.69 Å². The molecular weight excluding hydrogens is 228 g/mol. The molecule has 2 heterocycles. The van der Waals surface area contributed by atoms with E-state index in [0.29, 0.717) is 12.2 Å². The Hall–Kier alpha value is -2.16. The van der Waals surface area contributed by atoms with Gasteiger partial charge in [0.25, 0.3) is 0 Å². The van der Waals surface area contributed by atoms with E-state index < -0.39 is 12.1 Å². The van der Waals surface area contributed by atoms with E-state index in [4.69, 9.17) is 10.8 Å². The smallest absolute Gasteiger partial charge is 0.405 e. The topological polar surface area (TPSA) is 135 Å². The molecule has 1 aliphatic heterocycles. The van der Waals surface area contributed by atoms with Gasteiger partial charge in [-0.1, -0.05) is 0 Å². The third-order valence-corrected chi connectivity index (χ3v) is 2.44. The standard InChI is InChI=1S/C8H12N6O3/c9-1-4-2-10-14(13-4)3-5-6(7(15)11-5)12-8(16)17/h2,5-6,12H,1,3,9H2,(H,11,15)(H,16,17)/t5-,6+/m1/s1. The molecule has 9 nitrogen and oxygen atoms in total. The molecule has 92 valence electrons. The van der Waals surface area contributed by atoms with Crippen molar-refractivity contribution >= 4 is 12.0 Å². The first kappa shape index (κ1) is 11.3. The number of hydrogen-bond acceptors (Lipinski definition) is 5. The summed E-state index contributed by atoms with van der Waals surface area (Å²) in [6.45, 7) is 0.588. The second-order valence-corrected chi connectivity index (χ2v) is 3.64. The Bertz CT molecular complexity index is 444. The van der Waals surface area contributed by atoms with E-state index in [2.05, 4.69) is 20.8 Å². The van der Waals surface area contributed by atoms with E-state index in [9.17, 15) is 9.59 Å². The molecule has 0 aromatic carbocycles. The average molecular weight is 240 g/mol. The lowest BCUT2D eigenvalue weighted by atomic mass is 9.99. The first-order valence-electron chi connectivity index (χ1n) is 4.99. The molecule has 1 saturated heterocycles. The fraction of sp³-hybridized carbons (Fsp3) is 0.500. The molecule has 9 heteroatoms. The molecule has 0 bridgehead atoms. The maximum atomic E-state index is 11.1. The predicted octanol–water partition coefficient (Wildman–Crippen LogP) is -2.13. The Morgan fingerprint density at radius 1 is 1.71 bits per heavy atom. The summed E-state index contributed by atoms with van der Waals surface area (Å²) < 4.78 is 0. The maximum Gasteiger partial charge on any atom is 0.405 e. The number of β-lactam (4-membered cyclic amide) rings is 1. The van der Waals surface area contributed by atoms with Gasteiger partial charge in [0.1, 0.15) is 6.04 Å². The molecular formula is C8H12N6O3. The van der Waals surface area contributed by atoms with Crippen LogP contribution in [-0.4, -0.2) is 44.2 Å². The molecule has 5 N–H and O–H groups in total.